The van der Waals surface area contributed by atoms with Gasteiger partial charge in [-0.25, -0.2) is 0 Å². The summed E-state index contributed by atoms with van der Waals surface area (Å²) in [6, 6.07) is 15.8. The van der Waals surface area contributed by atoms with Crippen LogP contribution in [0.25, 0.3) is 22.5 Å². The molecule has 0 fully saturated rings. The van der Waals surface area contributed by atoms with Crippen LogP contribution in [0.3, 0.4) is 0 Å². The molecule has 0 radical (unpaired) electrons. The SMILES string of the molecule is Cc1scc(-c2nnc(SCC(=O)Nc3cccc(Cl)c3C)n2C)c1-c1ccccc1. The number of halogens is 1. The third-order valence-corrected chi connectivity index (χ3v) is 7.33. The number of hydrogen-bond donors (Lipinski definition) is 1. The van der Waals surface area contributed by atoms with Crippen molar-refractivity contribution in [3.63, 3.8) is 0 Å². The number of hydrogen-bond acceptors (Lipinski definition) is 5. The highest BCUT2D eigenvalue weighted by molar-refractivity contribution is 7.99. The Morgan fingerprint density at radius 1 is 1.13 bits per heavy atom. The highest BCUT2D eigenvalue weighted by Crippen LogP contribution is 2.38. The molecule has 0 spiro atoms. The van der Waals surface area contributed by atoms with Crippen molar-refractivity contribution in [3.05, 3.63) is 69.4 Å². The lowest BCUT2D eigenvalue weighted by atomic mass is 10.0. The van der Waals surface area contributed by atoms with Crippen LogP contribution in [-0.4, -0.2) is 26.4 Å². The van der Waals surface area contributed by atoms with E-state index in [4.69, 9.17) is 11.6 Å². The normalized spacial score (nSPS) is 11.0. The zero-order valence-corrected chi connectivity index (χ0v) is 19.7. The largest absolute Gasteiger partial charge is 0.325 e. The lowest BCUT2D eigenvalue weighted by molar-refractivity contribution is -0.113. The molecular formula is C23H21ClN4OS2. The highest BCUT2D eigenvalue weighted by atomic mass is 35.5. The molecule has 2 heterocycles. The van der Waals surface area contributed by atoms with Crippen molar-refractivity contribution in [3.8, 4) is 22.5 Å². The van der Waals surface area contributed by atoms with Crippen molar-refractivity contribution in [1.82, 2.24) is 14.8 Å². The summed E-state index contributed by atoms with van der Waals surface area (Å²) in [6.07, 6.45) is 0. The Hall–Kier alpha value is -2.61. The number of amides is 1. The summed E-state index contributed by atoms with van der Waals surface area (Å²) in [5, 5.41) is 15.1. The minimum Gasteiger partial charge on any atom is -0.325 e. The highest BCUT2D eigenvalue weighted by Gasteiger charge is 2.19. The van der Waals surface area contributed by atoms with Gasteiger partial charge in [0, 0.05) is 39.1 Å². The van der Waals surface area contributed by atoms with Crippen molar-refractivity contribution >= 4 is 46.3 Å². The molecule has 2 aromatic heterocycles. The first-order valence-corrected chi connectivity index (χ1v) is 11.9. The van der Waals surface area contributed by atoms with E-state index in [1.165, 1.54) is 22.2 Å². The molecule has 4 rings (SSSR count). The number of thioether (sulfide) groups is 1. The number of nitrogens with zero attached hydrogens (tertiary/aromatic N) is 3. The van der Waals surface area contributed by atoms with Gasteiger partial charge in [0.25, 0.3) is 0 Å². The standard InChI is InChI=1S/C23H21ClN4OS2/c1-14-18(24)10-7-11-19(14)25-20(29)13-31-23-27-26-22(28(23)3)17-12-30-15(2)21(17)16-8-5-4-6-9-16/h4-12H,13H2,1-3H3,(H,25,29). The van der Waals surface area contributed by atoms with Crippen LogP contribution >= 0.6 is 34.7 Å². The van der Waals surface area contributed by atoms with Crippen LogP contribution in [0.1, 0.15) is 10.4 Å². The van der Waals surface area contributed by atoms with E-state index in [1.54, 1.807) is 17.4 Å². The Morgan fingerprint density at radius 2 is 1.90 bits per heavy atom. The third-order valence-electron chi connectivity index (χ3n) is 4.99. The van der Waals surface area contributed by atoms with Gasteiger partial charge >= 0.3 is 0 Å². The fourth-order valence-corrected chi connectivity index (χ4v) is 5.07. The molecule has 0 atom stereocenters. The molecule has 1 amide bonds. The summed E-state index contributed by atoms with van der Waals surface area (Å²) in [5.41, 5.74) is 4.95. The zero-order chi connectivity index (χ0) is 22.0. The van der Waals surface area contributed by atoms with Gasteiger partial charge in [0.15, 0.2) is 11.0 Å². The molecule has 31 heavy (non-hydrogen) atoms. The molecule has 2 aromatic carbocycles. The van der Waals surface area contributed by atoms with E-state index in [0.29, 0.717) is 10.2 Å². The zero-order valence-electron chi connectivity index (χ0n) is 17.3. The van der Waals surface area contributed by atoms with E-state index < -0.39 is 0 Å². The monoisotopic (exact) mass is 468 g/mol. The molecular weight excluding hydrogens is 448 g/mol. The average molecular weight is 469 g/mol. The van der Waals surface area contributed by atoms with Gasteiger partial charge in [-0.05, 0) is 37.1 Å². The van der Waals surface area contributed by atoms with Crippen LogP contribution in [-0.2, 0) is 11.8 Å². The minimum atomic E-state index is -0.115. The number of anilines is 1. The van der Waals surface area contributed by atoms with E-state index in [0.717, 1.165) is 28.2 Å². The molecule has 0 bridgehead atoms. The van der Waals surface area contributed by atoms with E-state index in [-0.39, 0.29) is 11.7 Å². The molecule has 0 aliphatic heterocycles. The summed E-state index contributed by atoms with van der Waals surface area (Å²) in [5.74, 6) is 0.902. The van der Waals surface area contributed by atoms with Crippen LogP contribution < -0.4 is 5.32 Å². The van der Waals surface area contributed by atoms with E-state index in [1.807, 2.05) is 48.9 Å². The summed E-state index contributed by atoms with van der Waals surface area (Å²) >= 11 is 9.19. The van der Waals surface area contributed by atoms with Crippen molar-refractivity contribution in [1.29, 1.82) is 0 Å². The molecule has 5 nitrogen and oxygen atoms in total. The first-order chi connectivity index (χ1) is 15.0. The van der Waals surface area contributed by atoms with Gasteiger partial charge in [-0.1, -0.05) is 59.8 Å². The van der Waals surface area contributed by atoms with Crippen molar-refractivity contribution in [2.45, 2.75) is 19.0 Å². The summed E-state index contributed by atoms with van der Waals surface area (Å²) < 4.78 is 1.94. The predicted octanol–water partition coefficient (Wildman–Crippen LogP) is 6.21. The number of nitrogens with one attached hydrogen (secondary N) is 1. The lowest BCUT2D eigenvalue weighted by Crippen LogP contribution is -2.15. The Kier molecular flexibility index (Phi) is 6.46. The number of benzene rings is 2. The van der Waals surface area contributed by atoms with E-state index in [2.05, 4.69) is 40.0 Å². The van der Waals surface area contributed by atoms with Crippen molar-refractivity contribution in [2.75, 3.05) is 11.1 Å². The molecule has 4 aromatic rings. The number of carbonyl (C=O) groups is 1. The van der Waals surface area contributed by atoms with Crippen molar-refractivity contribution < 1.29 is 4.79 Å². The number of aromatic nitrogens is 3. The molecule has 0 saturated heterocycles. The summed E-state index contributed by atoms with van der Waals surface area (Å²) in [6.45, 7) is 4.00. The van der Waals surface area contributed by atoms with Gasteiger partial charge in [0.2, 0.25) is 5.91 Å². The smallest absolute Gasteiger partial charge is 0.234 e. The Morgan fingerprint density at radius 3 is 2.68 bits per heavy atom. The molecule has 8 heteroatoms. The fourth-order valence-electron chi connectivity index (χ4n) is 3.32. The second kappa shape index (κ2) is 9.26. The maximum Gasteiger partial charge on any atom is 0.234 e. The van der Waals surface area contributed by atoms with Gasteiger partial charge in [-0.3, -0.25) is 4.79 Å². The van der Waals surface area contributed by atoms with Gasteiger partial charge in [0.1, 0.15) is 0 Å². The van der Waals surface area contributed by atoms with Crippen LogP contribution in [0.2, 0.25) is 5.02 Å². The molecule has 0 aliphatic rings. The molecule has 0 saturated carbocycles. The van der Waals surface area contributed by atoms with Crippen LogP contribution in [0.4, 0.5) is 5.69 Å². The first-order valence-electron chi connectivity index (χ1n) is 9.66. The molecule has 0 unspecified atom stereocenters. The van der Waals surface area contributed by atoms with Crippen LogP contribution in [0.5, 0.6) is 0 Å². The summed E-state index contributed by atoms with van der Waals surface area (Å²) in [4.78, 5) is 13.7. The Bertz CT molecular complexity index is 1230. The summed E-state index contributed by atoms with van der Waals surface area (Å²) in [7, 11) is 1.93. The first kappa shape index (κ1) is 21.6. The quantitative estimate of drug-likeness (QED) is 0.341. The number of aryl methyl sites for hydroxylation is 1. The fraction of sp³-hybridized carbons (Fsp3) is 0.174. The van der Waals surface area contributed by atoms with E-state index in [9.17, 15) is 4.79 Å². The Balaban J connectivity index is 1.51. The van der Waals surface area contributed by atoms with Gasteiger partial charge in [-0.15, -0.1) is 21.5 Å². The van der Waals surface area contributed by atoms with Crippen LogP contribution in [0, 0.1) is 13.8 Å². The van der Waals surface area contributed by atoms with Gasteiger partial charge in [0.05, 0.1) is 5.75 Å². The second-order valence-electron chi connectivity index (χ2n) is 7.06. The number of thiophene rings is 1. The minimum absolute atomic E-state index is 0.115. The third kappa shape index (κ3) is 4.54. The predicted molar refractivity (Wildman–Crippen MR) is 130 cm³/mol. The Labute approximate surface area is 194 Å². The molecule has 1 N–H and O–H groups in total. The maximum absolute atomic E-state index is 12.4. The maximum atomic E-state index is 12.4. The van der Waals surface area contributed by atoms with Crippen molar-refractivity contribution in [2.24, 2.45) is 7.05 Å². The lowest BCUT2D eigenvalue weighted by Gasteiger charge is -2.09. The van der Waals surface area contributed by atoms with Crippen LogP contribution in [0.15, 0.2) is 59.1 Å². The topological polar surface area (TPSA) is 59.8 Å². The second-order valence-corrected chi connectivity index (χ2v) is 9.49. The van der Waals surface area contributed by atoms with Gasteiger partial charge < -0.3 is 9.88 Å². The number of carbonyl (C=O) groups excluding carboxylic acids is 1. The molecule has 0 aliphatic carbocycles. The average Bonchev–Trinajstić information content (AvgIpc) is 3.32. The van der Waals surface area contributed by atoms with E-state index >= 15 is 0 Å². The van der Waals surface area contributed by atoms with Gasteiger partial charge in [-0.2, -0.15) is 0 Å². The molecule has 158 valence electrons. The number of rotatable bonds is 6.